The maximum atomic E-state index is 11.7. The Morgan fingerprint density at radius 3 is 2.48 bits per heavy atom. The van der Waals surface area contributed by atoms with E-state index >= 15 is 0 Å². The molecule has 0 aromatic heterocycles. The van der Waals surface area contributed by atoms with E-state index in [1.165, 1.54) is 0 Å². The van der Waals surface area contributed by atoms with Gasteiger partial charge in [-0.25, -0.2) is 0 Å². The third-order valence-corrected chi connectivity index (χ3v) is 3.34. The van der Waals surface area contributed by atoms with E-state index in [9.17, 15) is 14.4 Å². The topological polar surface area (TPSA) is 84.5 Å². The van der Waals surface area contributed by atoms with Gasteiger partial charge in [-0.05, 0) is 37.1 Å². The Morgan fingerprint density at radius 1 is 1.19 bits per heavy atom. The highest BCUT2D eigenvalue weighted by molar-refractivity contribution is 9.10. The van der Waals surface area contributed by atoms with Crippen molar-refractivity contribution < 1.29 is 19.1 Å². The third kappa shape index (κ3) is 5.55. The number of halogens is 1. The maximum absolute atomic E-state index is 11.7. The first-order chi connectivity index (χ1) is 10.0. The summed E-state index contributed by atoms with van der Waals surface area (Å²) < 4.78 is 5.63. The fraction of sp³-hybridized carbons (Fsp3) is 0.357. The Morgan fingerprint density at radius 2 is 1.86 bits per heavy atom. The molecule has 0 unspecified atom stereocenters. The second-order valence-electron chi connectivity index (χ2n) is 4.69. The van der Waals surface area contributed by atoms with Crippen LogP contribution in [-0.4, -0.2) is 37.0 Å². The molecule has 1 fully saturated rings. The van der Waals surface area contributed by atoms with Crippen molar-refractivity contribution in [3.63, 3.8) is 0 Å². The van der Waals surface area contributed by atoms with Gasteiger partial charge in [-0.3, -0.25) is 14.4 Å². The Labute approximate surface area is 130 Å². The highest BCUT2D eigenvalue weighted by Crippen LogP contribution is 2.18. The van der Waals surface area contributed by atoms with Gasteiger partial charge in [0, 0.05) is 16.1 Å². The number of hydrogen-bond acceptors (Lipinski definition) is 4. The van der Waals surface area contributed by atoms with Crippen LogP contribution in [0.4, 0.5) is 0 Å². The van der Waals surface area contributed by atoms with Crippen molar-refractivity contribution in [3.05, 3.63) is 34.3 Å². The van der Waals surface area contributed by atoms with Crippen LogP contribution in [0.1, 0.15) is 23.2 Å². The van der Waals surface area contributed by atoms with Crippen molar-refractivity contribution in [2.75, 3.05) is 13.2 Å². The summed E-state index contributed by atoms with van der Waals surface area (Å²) >= 11 is 3.27. The minimum Gasteiger partial charge on any atom is -0.454 e. The molecule has 1 aromatic carbocycles. The van der Waals surface area contributed by atoms with Gasteiger partial charge >= 0.3 is 5.97 Å². The Bertz CT molecular complexity index is 540. The lowest BCUT2D eigenvalue weighted by molar-refractivity contribution is -0.147. The van der Waals surface area contributed by atoms with Crippen molar-refractivity contribution in [1.29, 1.82) is 0 Å². The zero-order valence-electron chi connectivity index (χ0n) is 11.2. The van der Waals surface area contributed by atoms with Crippen molar-refractivity contribution >= 4 is 33.7 Å². The van der Waals surface area contributed by atoms with Gasteiger partial charge in [0.25, 0.3) is 11.8 Å². The number of carbonyl (C=O) groups excluding carboxylic acids is 3. The highest BCUT2D eigenvalue weighted by atomic mass is 79.9. The maximum Gasteiger partial charge on any atom is 0.325 e. The summed E-state index contributed by atoms with van der Waals surface area (Å²) in [6.07, 6.45) is 1.95. The molecule has 0 radical (unpaired) electrons. The number of nitrogens with one attached hydrogen (secondary N) is 2. The molecule has 2 N–H and O–H groups in total. The molecule has 2 amide bonds. The van der Waals surface area contributed by atoms with E-state index in [1.54, 1.807) is 24.3 Å². The summed E-state index contributed by atoms with van der Waals surface area (Å²) in [5.74, 6) is -1.33. The number of hydrogen-bond donors (Lipinski definition) is 2. The average Bonchev–Trinajstić information content (AvgIpc) is 3.27. The predicted molar refractivity (Wildman–Crippen MR) is 78.6 cm³/mol. The van der Waals surface area contributed by atoms with Crippen LogP contribution in [-0.2, 0) is 14.3 Å². The van der Waals surface area contributed by atoms with E-state index in [4.69, 9.17) is 4.74 Å². The number of amides is 2. The fourth-order valence-electron chi connectivity index (χ4n) is 1.55. The van der Waals surface area contributed by atoms with Crippen molar-refractivity contribution in [3.8, 4) is 0 Å². The second-order valence-corrected chi connectivity index (χ2v) is 5.61. The minimum absolute atomic E-state index is 0.230. The molecule has 1 saturated carbocycles. The fourth-order valence-corrected chi connectivity index (χ4v) is 1.81. The van der Waals surface area contributed by atoms with Gasteiger partial charge in [0.15, 0.2) is 6.61 Å². The number of ether oxygens (including phenoxy) is 1. The third-order valence-electron chi connectivity index (χ3n) is 2.81. The van der Waals surface area contributed by atoms with Crippen molar-refractivity contribution in [2.45, 2.75) is 18.9 Å². The Balaban J connectivity index is 1.66. The van der Waals surface area contributed by atoms with Gasteiger partial charge in [-0.2, -0.15) is 0 Å². The molecule has 1 aliphatic carbocycles. The molecular weight excluding hydrogens is 340 g/mol. The standard InChI is InChI=1S/C14H15BrN2O4/c15-10-3-1-9(2-4-10)14(20)16-7-13(19)21-8-12(18)17-11-5-6-11/h1-4,11H,5-8H2,(H,16,20)(H,17,18). The second kappa shape index (κ2) is 7.21. The molecule has 0 heterocycles. The largest absolute Gasteiger partial charge is 0.454 e. The normalized spacial score (nSPS) is 13.4. The van der Waals surface area contributed by atoms with Crippen LogP contribution in [0.5, 0.6) is 0 Å². The van der Waals surface area contributed by atoms with Crippen LogP contribution >= 0.6 is 15.9 Å². The molecule has 1 aliphatic rings. The lowest BCUT2D eigenvalue weighted by atomic mass is 10.2. The molecule has 0 atom stereocenters. The molecule has 0 bridgehead atoms. The summed E-state index contributed by atoms with van der Waals surface area (Å²) in [7, 11) is 0. The summed E-state index contributed by atoms with van der Waals surface area (Å²) in [6, 6.07) is 6.96. The SMILES string of the molecule is O=C(COC(=O)CNC(=O)c1ccc(Br)cc1)NC1CC1. The van der Waals surface area contributed by atoms with Gasteiger partial charge in [-0.15, -0.1) is 0 Å². The van der Waals surface area contributed by atoms with Gasteiger partial charge < -0.3 is 15.4 Å². The molecule has 112 valence electrons. The first-order valence-electron chi connectivity index (χ1n) is 6.53. The lowest BCUT2D eigenvalue weighted by Gasteiger charge is -2.07. The minimum atomic E-state index is -0.647. The lowest BCUT2D eigenvalue weighted by Crippen LogP contribution is -2.34. The molecule has 6 nitrogen and oxygen atoms in total. The quantitative estimate of drug-likeness (QED) is 0.746. The van der Waals surface area contributed by atoms with Crippen LogP contribution in [0.3, 0.4) is 0 Å². The van der Waals surface area contributed by atoms with Gasteiger partial charge in [-0.1, -0.05) is 15.9 Å². The Hall–Kier alpha value is -1.89. The average molecular weight is 355 g/mol. The van der Waals surface area contributed by atoms with Crippen molar-refractivity contribution in [1.82, 2.24) is 10.6 Å². The first kappa shape index (κ1) is 15.5. The van der Waals surface area contributed by atoms with E-state index < -0.39 is 5.97 Å². The number of carbonyl (C=O) groups is 3. The van der Waals surface area contributed by atoms with E-state index in [0.29, 0.717) is 5.56 Å². The number of rotatable bonds is 6. The summed E-state index contributed by atoms with van der Waals surface area (Å²) in [5, 5.41) is 5.13. The molecule has 21 heavy (non-hydrogen) atoms. The highest BCUT2D eigenvalue weighted by Gasteiger charge is 2.23. The predicted octanol–water partition coefficient (Wildman–Crippen LogP) is 1.00. The molecule has 0 spiro atoms. The van der Waals surface area contributed by atoms with Crippen LogP contribution in [0.15, 0.2) is 28.7 Å². The van der Waals surface area contributed by atoms with E-state index in [0.717, 1.165) is 17.3 Å². The molecule has 0 aliphatic heterocycles. The molecule has 0 saturated heterocycles. The first-order valence-corrected chi connectivity index (χ1v) is 7.32. The van der Waals surface area contributed by atoms with E-state index in [2.05, 4.69) is 26.6 Å². The zero-order chi connectivity index (χ0) is 15.2. The number of benzene rings is 1. The van der Waals surface area contributed by atoms with Crippen LogP contribution in [0.25, 0.3) is 0 Å². The summed E-state index contributed by atoms with van der Waals surface area (Å²) in [4.78, 5) is 34.5. The smallest absolute Gasteiger partial charge is 0.325 e. The van der Waals surface area contributed by atoms with E-state index in [1.807, 2.05) is 0 Å². The molecule has 1 aromatic rings. The van der Waals surface area contributed by atoms with Gasteiger partial charge in [0.05, 0.1) is 0 Å². The van der Waals surface area contributed by atoms with Crippen LogP contribution in [0, 0.1) is 0 Å². The van der Waals surface area contributed by atoms with E-state index in [-0.39, 0.29) is 31.0 Å². The van der Waals surface area contributed by atoms with Gasteiger partial charge in [0.2, 0.25) is 0 Å². The summed E-state index contributed by atoms with van der Waals surface area (Å²) in [5.41, 5.74) is 0.442. The summed E-state index contributed by atoms with van der Waals surface area (Å²) in [6.45, 7) is -0.588. The van der Waals surface area contributed by atoms with Crippen molar-refractivity contribution in [2.24, 2.45) is 0 Å². The zero-order valence-corrected chi connectivity index (χ0v) is 12.8. The van der Waals surface area contributed by atoms with Crippen LogP contribution < -0.4 is 10.6 Å². The molecule has 7 heteroatoms. The molecule has 2 rings (SSSR count). The monoisotopic (exact) mass is 354 g/mol. The van der Waals surface area contributed by atoms with Crippen LogP contribution in [0.2, 0.25) is 0 Å². The van der Waals surface area contributed by atoms with Gasteiger partial charge in [0.1, 0.15) is 6.54 Å². The molecular formula is C14H15BrN2O4. The Kier molecular flexibility index (Phi) is 5.32. The number of esters is 1.